The van der Waals surface area contributed by atoms with Gasteiger partial charge < -0.3 is 10.2 Å². The summed E-state index contributed by atoms with van der Waals surface area (Å²) < 4.78 is 0. The van der Waals surface area contributed by atoms with Gasteiger partial charge in [-0.25, -0.2) is 5.43 Å². The van der Waals surface area contributed by atoms with Crippen molar-refractivity contribution in [3.63, 3.8) is 0 Å². The Hall–Kier alpha value is -3.33. The third-order valence-electron chi connectivity index (χ3n) is 4.00. The van der Waals surface area contributed by atoms with Gasteiger partial charge in [-0.3, -0.25) is 4.79 Å². The van der Waals surface area contributed by atoms with E-state index in [1.807, 2.05) is 36.4 Å². The van der Waals surface area contributed by atoms with Crippen LogP contribution in [0.3, 0.4) is 0 Å². The van der Waals surface area contributed by atoms with E-state index in [1.165, 1.54) is 18.2 Å². The first-order chi connectivity index (χ1) is 13.6. The van der Waals surface area contributed by atoms with Crippen molar-refractivity contribution in [3.8, 4) is 17.6 Å². The fourth-order valence-corrected chi connectivity index (χ4v) is 2.81. The van der Waals surface area contributed by atoms with Crippen LogP contribution in [0.4, 0.5) is 0 Å². The standard InChI is InChI=1S/C22H17ClN2O3/c23-20-13-16(10-11-21(20)27)22(28)25-24-14-17-9-8-15(5-3-4-12-26)18-6-1-2-7-19(17)18/h1-2,6-11,13-14,26-27H,4,12H2,(H,25,28)/b24-14+. The third kappa shape index (κ3) is 4.49. The molecule has 0 saturated heterocycles. The molecule has 0 atom stereocenters. The number of hydrogen-bond acceptors (Lipinski definition) is 4. The topological polar surface area (TPSA) is 81.9 Å². The monoisotopic (exact) mass is 392 g/mol. The van der Waals surface area contributed by atoms with Gasteiger partial charge in [0.2, 0.25) is 0 Å². The Balaban J connectivity index is 1.82. The minimum atomic E-state index is -0.436. The molecule has 1 amide bonds. The molecule has 0 saturated carbocycles. The maximum Gasteiger partial charge on any atom is 0.271 e. The van der Waals surface area contributed by atoms with Gasteiger partial charge in [0.05, 0.1) is 17.8 Å². The molecular weight excluding hydrogens is 376 g/mol. The van der Waals surface area contributed by atoms with Crippen molar-refractivity contribution in [2.75, 3.05) is 6.61 Å². The van der Waals surface area contributed by atoms with Crippen molar-refractivity contribution in [1.29, 1.82) is 0 Å². The number of halogens is 1. The van der Waals surface area contributed by atoms with E-state index in [2.05, 4.69) is 22.4 Å². The van der Waals surface area contributed by atoms with Gasteiger partial charge in [0.15, 0.2) is 0 Å². The Morgan fingerprint density at radius 3 is 2.68 bits per heavy atom. The van der Waals surface area contributed by atoms with Crippen LogP contribution in [-0.2, 0) is 0 Å². The second kappa shape index (κ2) is 9.05. The van der Waals surface area contributed by atoms with Crippen molar-refractivity contribution in [2.24, 2.45) is 5.10 Å². The fraction of sp³-hybridized carbons (Fsp3) is 0.0909. The molecule has 6 heteroatoms. The van der Waals surface area contributed by atoms with Crippen molar-refractivity contribution in [2.45, 2.75) is 6.42 Å². The number of phenolic OH excluding ortho intramolecular Hbond substituents is 1. The molecule has 5 nitrogen and oxygen atoms in total. The van der Waals surface area contributed by atoms with Gasteiger partial charge in [0.1, 0.15) is 5.75 Å². The van der Waals surface area contributed by atoms with Gasteiger partial charge in [-0.15, -0.1) is 0 Å². The summed E-state index contributed by atoms with van der Waals surface area (Å²) in [6.45, 7) is 0.0294. The second-order valence-electron chi connectivity index (χ2n) is 5.89. The lowest BCUT2D eigenvalue weighted by molar-refractivity contribution is 0.0955. The van der Waals surface area contributed by atoms with Crippen LogP contribution in [0.5, 0.6) is 5.75 Å². The maximum atomic E-state index is 12.2. The zero-order valence-electron chi connectivity index (χ0n) is 14.8. The van der Waals surface area contributed by atoms with Crippen molar-refractivity contribution in [3.05, 3.63) is 76.3 Å². The molecule has 0 bridgehead atoms. The first kappa shape index (κ1) is 19.4. The lowest BCUT2D eigenvalue weighted by Gasteiger charge is -2.05. The smallest absolute Gasteiger partial charge is 0.271 e. The number of amides is 1. The largest absolute Gasteiger partial charge is 0.506 e. The van der Waals surface area contributed by atoms with Crippen molar-refractivity contribution < 1.29 is 15.0 Å². The molecule has 0 aliphatic heterocycles. The Bertz CT molecular complexity index is 1110. The number of aliphatic hydroxyl groups excluding tert-OH is 1. The molecule has 0 aromatic heterocycles. The van der Waals surface area contributed by atoms with Gasteiger partial charge in [-0.2, -0.15) is 5.10 Å². The van der Waals surface area contributed by atoms with Gasteiger partial charge >= 0.3 is 0 Å². The summed E-state index contributed by atoms with van der Waals surface area (Å²) in [5.41, 5.74) is 4.43. The minimum Gasteiger partial charge on any atom is -0.506 e. The highest BCUT2D eigenvalue weighted by molar-refractivity contribution is 6.32. The summed E-state index contributed by atoms with van der Waals surface area (Å²) in [5.74, 6) is 5.47. The first-order valence-electron chi connectivity index (χ1n) is 8.53. The SMILES string of the molecule is O=C(N/N=C/c1ccc(C#CCCO)c2ccccc12)c1ccc(O)c(Cl)c1. The normalized spacial score (nSPS) is 10.6. The van der Waals surface area contributed by atoms with Crippen LogP contribution in [0.15, 0.2) is 59.7 Å². The summed E-state index contributed by atoms with van der Waals surface area (Å²) in [7, 11) is 0. The van der Waals surface area contributed by atoms with Crippen LogP contribution >= 0.6 is 11.6 Å². The van der Waals surface area contributed by atoms with E-state index in [0.29, 0.717) is 12.0 Å². The zero-order chi connectivity index (χ0) is 19.9. The van der Waals surface area contributed by atoms with Crippen LogP contribution in [0, 0.1) is 11.8 Å². The number of nitrogens with zero attached hydrogens (tertiary/aromatic N) is 1. The summed E-state index contributed by atoms with van der Waals surface area (Å²) in [4.78, 5) is 12.2. The number of aliphatic hydroxyl groups is 1. The van der Waals surface area contributed by atoms with Crippen LogP contribution in [0.2, 0.25) is 5.02 Å². The van der Waals surface area contributed by atoms with Gasteiger partial charge in [-0.05, 0) is 35.0 Å². The lowest BCUT2D eigenvalue weighted by atomic mass is 10.0. The van der Waals surface area contributed by atoms with Gasteiger partial charge in [-0.1, -0.05) is 53.8 Å². The molecule has 0 aliphatic rings. The first-order valence-corrected chi connectivity index (χ1v) is 8.91. The molecule has 0 fully saturated rings. The predicted octanol–water partition coefficient (Wildman–Crippen LogP) is 3.70. The number of benzene rings is 3. The summed E-state index contributed by atoms with van der Waals surface area (Å²) >= 11 is 5.82. The average molecular weight is 393 g/mol. The Morgan fingerprint density at radius 1 is 1.14 bits per heavy atom. The summed E-state index contributed by atoms with van der Waals surface area (Å²) in [6.07, 6.45) is 1.98. The van der Waals surface area contributed by atoms with Crippen LogP contribution < -0.4 is 5.43 Å². The average Bonchev–Trinajstić information content (AvgIpc) is 2.71. The fourth-order valence-electron chi connectivity index (χ4n) is 2.63. The number of carbonyl (C=O) groups excluding carboxylic acids is 1. The van der Waals surface area contributed by atoms with Crippen LogP contribution in [0.1, 0.15) is 27.9 Å². The number of hydrogen-bond donors (Lipinski definition) is 3. The molecule has 0 spiro atoms. The number of fused-ring (bicyclic) bond motifs is 1. The highest BCUT2D eigenvalue weighted by Gasteiger charge is 2.08. The van der Waals surface area contributed by atoms with E-state index >= 15 is 0 Å². The van der Waals surface area contributed by atoms with Gasteiger partial charge in [0.25, 0.3) is 5.91 Å². The third-order valence-corrected chi connectivity index (χ3v) is 4.30. The number of phenols is 1. The highest BCUT2D eigenvalue weighted by atomic mass is 35.5. The summed E-state index contributed by atoms with van der Waals surface area (Å²) in [6, 6.07) is 15.7. The molecule has 140 valence electrons. The number of carbonyl (C=O) groups is 1. The number of nitrogens with one attached hydrogen (secondary N) is 1. The molecule has 3 rings (SSSR count). The van der Waals surface area contributed by atoms with E-state index < -0.39 is 5.91 Å². The molecule has 0 radical (unpaired) electrons. The Labute approximate surface area is 167 Å². The summed E-state index contributed by atoms with van der Waals surface area (Å²) in [5, 5.41) is 24.3. The lowest BCUT2D eigenvalue weighted by Crippen LogP contribution is -2.17. The molecular formula is C22H17ClN2O3. The molecule has 3 aromatic rings. The molecule has 3 N–H and O–H groups in total. The van der Waals surface area contributed by atoms with E-state index in [4.69, 9.17) is 16.7 Å². The molecule has 0 aliphatic carbocycles. The molecule has 0 unspecified atom stereocenters. The van der Waals surface area contributed by atoms with E-state index in [-0.39, 0.29) is 17.4 Å². The number of rotatable bonds is 4. The quantitative estimate of drug-likeness (QED) is 0.360. The highest BCUT2D eigenvalue weighted by Crippen LogP contribution is 2.24. The Morgan fingerprint density at radius 2 is 1.93 bits per heavy atom. The van der Waals surface area contributed by atoms with Crippen molar-refractivity contribution in [1.82, 2.24) is 5.43 Å². The Kier molecular flexibility index (Phi) is 6.28. The van der Waals surface area contributed by atoms with Crippen molar-refractivity contribution >= 4 is 34.5 Å². The van der Waals surface area contributed by atoms with E-state index in [0.717, 1.165) is 21.9 Å². The molecule has 3 aromatic carbocycles. The van der Waals surface area contributed by atoms with Gasteiger partial charge in [0, 0.05) is 23.1 Å². The molecule has 28 heavy (non-hydrogen) atoms. The minimum absolute atomic E-state index is 0.0294. The zero-order valence-corrected chi connectivity index (χ0v) is 15.6. The van der Waals surface area contributed by atoms with E-state index in [1.54, 1.807) is 6.21 Å². The van der Waals surface area contributed by atoms with E-state index in [9.17, 15) is 9.90 Å². The van der Waals surface area contributed by atoms with Crippen LogP contribution in [0.25, 0.3) is 10.8 Å². The number of hydrazone groups is 1. The predicted molar refractivity (Wildman–Crippen MR) is 111 cm³/mol. The second-order valence-corrected chi connectivity index (χ2v) is 6.30. The molecule has 0 heterocycles. The number of aromatic hydroxyl groups is 1. The van der Waals surface area contributed by atoms with Crippen LogP contribution in [-0.4, -0.2) is 28.9 Å². The maximum absolute atomic E-state index is 12.2.